The van der Waals surface area contributed by atoms with Gasteiger partial charge in [0, 0.05) is 6.04 Å². The zero-order valence-corrected chi connectivity index (χ0v) is 15.7. The molecular formula is C19H41N. The van der Waals surface area contributed by atoms with Crippen molar-refractivity contribution in [2.45, 2.75) is 100.0 Å². The summed E-state index contributed by atoms with van der Waals surface area (Å²) < 4.78 is 0. The van der Waals surface area contributed by atoms with Gasteiger partial charge in [-0.15, -0.1) is 0 Å². The van der Waals surface area contributed by atoms with Crippen LogP contribution < -0.4 is 0 Å². The second kappa shape index (κ2) is 9.07. The molecule has 20 heavy (non-hydrogen) atoms. The largest absolute Gasteiger partial charge is 0.300 e. The summed E-state index contributed by atoms with van der Waals surface area (Å²) in [6.07, 6.45) is 8.04. The molecule has 0 aliphatic heterocycles. The lowest BCUT2D eigenvalue weighted by atomic mass is 9.83. The molecular weight excluding hydrogens is 242 g/mol. The van der Waals surface area contributed by atoms with E-state index in [1.807, 2.05) is 0 Å². The molecule has 0 N–H and O–H groups in total. The zero-order valence-electron chi connectivity index (χ0n) is 15.7. The summed E-state index contributed by atoms with van der Waals surface area (Å²) in [7, 11) is 0. The van der Waals surface area contributed by atoms with Crippen LogP contribution in [0.2, 0.25) is 0 Å². The van der Waals surface area contributed by atoms with Gasteiger partial charge in [-0.3, -0.25) is 4.90 Å². The minimum Gasteiger partial charge on any atom is -0.300 e. The van der Waals surface area contributed by atoms with Gasteiger partial charge in [-0.2, -0.15) is 0 Å². The summed E-state index contributed by atoms with van der Waals surface area (Å²) in [6, 6.07) is 0.727. The third kappa shape index (κ3) is 9.00. The Balaban J connectivity index is 4.21. The van der Waals surface area contributed by atoms with Crippen LogP contribution in [0.5, 0.6) is 0 Å². The van der Waals surface area contributed by atoms with Gasteiger partial charge in [0.2, 0.25) is 0 Å². The Labute approximate surface area is 129 Å². The Hall–Kier alpha value is -0.0400. The highest BCUT2D eigenvalue weighted by molar-refractivity contribution is 4.82. The average molecular weight is 284 g/mol. The molecule has 0 aliphatic carbocycles. The first-order valence-corrected chi connectivity index (χ1v) is 8.86. The summed E-state index contributed by atoms with van der Waals surface area (Å²) >= 11 is 0. The standard InChI is InChI=1S/C19H41N/c1-9-15-20(17(10-2)19(6,7)8)16-13-11-12-14-18(3,4)5/h17H,9-16H2,1-8H3. The van der Waals surface area contributed by atoms with Crippen molar-refractivity contribution in [2.75, 3.05) is 13.1 Å². The van der Waals surface area contributed by atoms with Gasteiger partial charge in [0.1, 0.15) is 0 Å². The smallest absolute Gasteiger partial charge is 0.0141 e. The van der Waals surface area contributed by atoms with Crippen molar-refractivity contribution in [3.8, 4) is 0 Å². The minimum atomic E-state index is 0.398. The predicted octanol–water partition coefficient (Wildman–Crippen LogP) is 6.13. The monoisotopic (exact) mass is 283 g/mol. The van der Waals surface area contributed by atoms with E-state index in [4.69, 9.17) is 0 Å². The SMILES string of the molecule is CCCN(CCCCCC(C)(C)C)C(CC)C(C)(C)C. The van der Waals surface area contributed by atoms with Crippen LogP contribution in [0.4, 0.5) is 0 Å². The molecule has 1 heteroatoms. The fourth-order valence-electron chi connectivity index (χ4n) is 3.28. The van der Waals surface area contributed by atoms with Gasteiger partial charge in [0.25, 0.3) is 0 Å². The van der Waals surface area contributed by atoms with Crippen molar-refractivity contribution in [3.05, 3.63) is 0 Å². The second-order valence-corrected chi connectivity index (χ2v) is 8.70. The summed E-state index contributed by atoms with van der Waals surface area (Å²) in [5, 5.41) is 0. The Kier molecular flexibility index (Phi) is 9.06. The minimum absolute atomic E-state index is 0.398. The fraction of sp³-hybridized carbons (Fsp3) is 1.00. The van der Waals surface area contributed by atoms with Crippen molar-refractivity contribution in [1.82, 2.24) is 4.90 Å². The molecule has 0 heterocycles. The van der Waals surface area contributed by atoms with Gasteiger partial charge in [0.15, 0.2) is 0 Å². The Morgan fingerprint density at radius 1 is 0.800 bits per heavy atom. The summed E-state index contributed by atoms with van der Waals surface area (Å²) in [5.74, 6) is 0. The lowest BCUT2D eigenvalue weighted by molar-refractivity contribution is 0.0927. The van der Waals surface area contributed by atoms with E-state index < -0.39 is 0 Å². The molecule has 0 aromatic heterocycles. The van der Waals surface area contributed by atoms with Crippen molar-refractivity contribution >= 4 is 0 Å². The number of nitrogens with zero attached hydrogens (tertiary/aromatic N) is 1. The second-order valence-electron chi connectivity index (χ2n) is 8.70. The van der Waals surface area contributed by atoms with Crippen LogP contribution in [0, 0.1) is 10.8 Å². The molecule has 0 radical (unpaired) electrons. The molecule has 1 unspecified atom stereocenters. The van der Waals surface area contributed by atoms with E-state index in [2.05, 4.69) is 60.3 Å². The third-order valence-corrected chi connectivity index (χ3v) is 4.21. The summed E-state index contributed by atoms with van der Waals surface area (Å²) in [6.45, 7) is 21.4. The third-order valence-electron chi connectivity index (χ3n) is 4.21. The van der Waals surface area contributed by atoms with E-state index in [0.717, 1.165) is 6.04 Å². The van der Waals surface area contributed by atoms with E-state index in [1.165, 1.54) is 51.6 Å². The molecule has 0 saturated carbocycles. The highest BCUT2D eigenvalue weighted by Crippen LogP contribution is 2.28. The highest BCUT2D eigenvalue weighted by atomic mass is 15.2. The Bertz CT molecular complexity index is 231. The first-order chi connectivity index (χ1) is 9.11. The van der Waals surface area contributed by atoms with Crippen LogP contribution in [-0.2, 0) is 0 Å². The van der Waals surface area contributed by atoms with E-state index >= 15 is 0 Å². The quantitative estimate of drug-likeness (QED) is 0.460. The van der Waals surface area contributed by atoms with E-state index in [1.54, 1.807) is 0 Å². The van der Waals surface area contributed by atoms with Crippen LogP contribution in [0.1, 0.15) is 93.9 Å². The average Bonchev–Trinajstić information content (AvgIpc) is 2.25. The van der Waals surface area contributed by atoms with Gasteiger partial charge >= 0.3 is 0 Å². The maximum absolute atomic E-state index is 2.75. The van der Waals surface area contributed by atoms with Crippen molar-refractivity contribution in [3.63, 3.8) is 0 Å². The van der Waals surface area contributed by atoms with Crippen LogP contribution in [-0.4, -0.2) is 24.0 Å². The first-order valence-electron chi connectivity index (χ1n) is 8.86. The molecule has 0 spiro atoms. The predicted molar refractivity (Wildman–Crippen MR) is 93.3 cm³/mol. The molecule has 0 amide bonds. The normalized spacial score (nSPS) is 14.8. The molecule has 1 atom stereocenters. The van der Waals surface area contributed by atoms with E-state index in [0.29, 0.717) is 10.8 Å². The first kappa shape index (κ1) is 20.0. The number of unbranched alkanes of at least 4 members (excludes halogenated alkanes) is 2. The number of rotatable bonds is 9. The van der Waals surface area contributed by atoms with Gasteiger partial charge < -0.3 is 0 Å². The van der Waals surface area contributed by atoms with Crippen LogP contribution >= 0.6 is 0 Å². The lowest BCUT2D eigenvalue weighted by Gasteiger charge is -2.40. The fourth-order valence-corrected chi connectivity index (χ4v) is 3.28. The van der Waals surface area contributed by atoms with Gasteiger partial charge in [-0.25, -0.2) is 0 Å². The van der Waals surface area contributed by atoms with Gasteiger partial charge in [0.05, 0.1) is 0 Å². The number of hydrogen-bond donors (Lipinski definition) is 0. The maximum atomic E-state index is 2.75. The topological polar surface area (TPSA) is 3.24 Å². The van der Waals surface area contributed by atoms with Crippen LogP contribution in [0.15, 0.2) is 0 Å². The number of hydrogen-bond acceptors (Lipinski definition) is 1. The van der Waals surface area contributed by atoms with Crippen molar-refractivity contribution in [2.24, 2.45) is 10.8 Å². The van der Waals surface area contributed by atoms with Gasteiger partial charge in [-0.1, -0.05) is 68.2 Å². The highest BCUT2D eigenvalue weighted by Gasteiger charge is 2.27. The van der Waals surface area contributed by atoms with Crippen LogP contribution in [0.3, 0.4) is 0 Å². The molecule has 0 fully saturated rings. The molecule has 0 aromatic rings. The molecule has 0 aromatic carbocycles. The molecule has 1 nitrogen and oxygen atoms in total. The molecule has 0 bridgehead atoms. The van der Waals surface area contributed by atoms with Crippen molar-refractivity contribution < 1.29 is 0 Å². The Morgan fingerprint density at radius 2 is 1.40 bits per heavy atom. The van der Waals surface area contributed by atoms with Crippen molar-refractivity contribution in [1.29, 1.82) is 0 Å². The van der Waals surface area contributed by atoms with Gasteiger partial charge in [-0.05, 0) is 49.6 Å². The molecule has 0 saturated heterocycles. The lowest BCUT2D eigenvalue weighted by Crippen LogP contribution is -2.44. The Morgan fingerprint density at radius 3 is 1.80 bits per heavy atom. The van der Waals surface area contributed by atoms with E-state index in [-0.39, 0.29) is 0 Å². The molecule has 0 rings (SSSR count). The summed E-state index contributed by atoms with van der Waals surface area (Å²) in [5.41, 5.74) is 0.899. The maximum Gasteiger partial charge on any atom is 0.0141 e. The van der Waals surface area contributed by atoms with Crippen LogP contribution in [0.25, 0.3) is 0 Å². The molecule has 0 aliphatic rings. The molecule has 122 valence electrons. The van der Waals surface area contributed by atoms with E-state index in [9.17, 15) is 0 Å². The summed E-state index contributed by atoms with van der Waals surface area (Å²) in [4.78, 5) is 2.75. The zero-order chi connectivity index (χ0) is 15.8.